The molecule has 0 radical (unpaired) electrons. The number of aromatic nitrogens is 4. The fourth-order valence-electron chi connectivity index (χ4n) is 2.37. The average molecular weight is 367 g/mol. The first kappa shape index (κ1) is 16.2. The van der Waals surface area contributed by atoms with Crippen LogP contribution in [-0.4, -0.2) is 30.7 Å². The van der Waals surface area contributed by atoms with E-state index in [-0.39, 0.29) is 11.5 Å². The third-order valence-corrected chi connectivity index (χ3v) is 4.64. The molecule has 0 saturated heterocycles. The molecule has 0 saturated carbocycles. The maximum atomic E-state index is 10.9. The summed E-state index contributed by atoms with van der Waals surface area (Å²) in [6.45, 7) is 0. The van der Waals surface area contributed by atoms with Crippen molar-refractivity contribution in [1.29, 1.82) is 0 Å². The molecule has 0 aliphatic carbocycles. The number of carboxylic acid groups (broad SMARTS) is 1. The van der Waals surface area contributed by atoms with E-state index in [0.29, 0.717) is 28.0 Å². The van der Waals surface area contributed by atoms with Crippen molar-refractivity contribution in [3.05, 3.63) is 59.9 Å². The van der Waals surface area contributed by atoms with E-state index in [0.717, 1.165) is 5.56 Å². The van der Waals surface area contributed by atoms with Gasteiger partial charge in [-0.3, -0.25) is 0 Å². The molecule has 3 aromatic heterocycles. The average Bonchev–Trinajstić information content (AvgIpc) is 3.29. The van der Waals surface area contributed by atoms with E-state index in [1.165, 1.54) is 16.3 Å². The number of rotatable bonds is 5. The quantitative estimate of drug-likeness (QED) is 0.408. The molecule has 0 fully saturated rings. The van der Waals surface area contributed by atoms with Gasteiger partial charge in [0, 0.05) is 11.8 Å². The molecule has 3 N–H and O–H groups in total. The van der Waals surface area contributed by atoms with Gasteiger partial charge in [0.1, 0.15) is 5.03 Å². The summed E-state index contributed by atoms with van der Waals surface area (Å²) < 4.78 is 6.77. The second-order valence-corrected chi connectivity index (χ2v) is 6.42. The number of hydrogen-bond donors (Lipinski definition) is 2. The molecule has 0 unspecified atom stereocenters. The zero-order chi connectivity index (χ0) is 18.1. The molecule has 9 heteroatoms. The zero-order valence-electron chi connectivity index (χ0n) is 13.4. The number of carboxylic acids is 1. The van der Waals surface area contributed by atoms with Crippen LogP contribution in [-0.2, 0) is 5.75 Å². The molecule has 0 aliphatic heterocycles. The van der Waals surface area contributed by atoms with Gasteiger partial charge in [-0.2, -0.15) is 4.52 Å². The number of carbonyl (C=O) groups is 1. The SMILES string of the molecule is Nc1nc(SCc2ccc(C(=O)O)cc2)cc2nc(-c3ccco3)nn12. The number of fused-ring (bicyclic) bond motifs is 1. The molecule has 3 heterocycles. The van der Waals surface area contributed by atoms with E-state index >= 15 is 0 Å². The molecule has 0 bridgehead atoms. The maximum Gasteiger partial charge on any atom is 0.335 e. The number of furan rings is 1. The number of nitrogen functional groups attached to an aromatic ring is 1. The normalized spacial score (nSPS) is 11.1. The molecule has 130 valence electrons. The first-order chi connectivity index (χ1) is 12.6. The van der Waals surface area contributed by atoms with Crippen LogP contribution in [0.1, 0.15) is 15.9 Å². The highest BCUT2D eigenvalue weighted by Gasteiger charge is 2.13. The van der Waals surface area contributed by atoms with Crippen molar-refractivity contribution in [2.45, 2.75) is 10.8 Å². The molecular formula is C17H13N5O3S. The van der Waals surface area contributed by atoms with Gasteiger partial charge in [0.2, 0.25) is 11.8 Å². The Hall–Kier alpha value is -3.33. The van der Waals surface area contributed by atoms with Crippen molar-refractivity contribution < 1.29 is 14.3 Å². The van der Waals surface area contributed by atoms with Crippen LogP contribution in [0, 0.1) is 0 Å². The summed E-state index contributed by atoms with van der Waals surface area (Å²) in [6, 6.07) is 12.1. The summed E-state index contributed by atoms with van der Waals surface area (Å²) in [4.78, 5) is 19.6. The van der Waals surface area contributed by atoms with Gasteiger partial charge in [0.15, 0.2) is 11.4 Å². The molecule has 8 nitrogen and oxygen atoms in total. The Kier molecular flexibility index (Phi) is 4.05. The molecule has 0 spiro atoms. The standard InChI is InChI=1S/C17H13N5O3S/c18-17-20-14(26-9-10-3-5-11(6-4-10)16(23)24)8-13-19-15(21-22(13)17)12-2-1-7-25-12/h1-8H,9H2,(H2,18,20)(H,23,24). The Balaban J connectivity index is 1.56. The molecule has 0 amide bonds. The maximum absolute atomic E-state index is 10.9. The number of thioether (sulfide) groups is 1. The monoisotopic (exact) mass is 367 g/mol. The predicted molar refractivity (Wildman–Crippen MR) is 95.9 cm³/mol. The second kappa shape index (κ2) is 6.52. The zero-order valence-corrected chi connectivity index (χ0v) is 14.2. The smallest absolute Gasteiger partial charge is 0.335 e. The van der Waals surface area contributed by atoms with E-state index < -0.39 is 5.97 Å². The van der Waals surface area contributed by atoms with Gasteiger partial charge < -0.3 is 15.3 Å². The van der Waals surface area contributed by atoms with E-state index in [4.69, 9.17) is 15.3 Å². The summed E-state index contributed by atoms with van der Waals surface area (Å²) in [5, 5.41) is 13.9. The fraction of sp³-hybridized carbons (Fsp3) is 0.0588. The van der Waals surface area contributed by atoms with Crippen molar-refractivity contribution in [3.63, 3.8) is 0 Å². The van der Waals surface area contributed by atoms with E-state index in [9.17, 15) is 4.79 Å². The fourth-order valence-corrected chi connectivity index (χ4v) is 3.23. The van der Waals surface area contributed by atoms with Gasteiger partial charge in [0.25, 0.3) is 0 Å². The predicted octanol–water partition coefficient (Wildman–Crippen LogP) is 2.96. The lowest BCUT2D eigenvalue weighted by Gasteiger charge is -2.04. The lowest BCUT2D eigenvalue weighted by atomic mass is 10.1. The number of hydrogen-bond acceptors (Lipinski definition) is 7. The van der Waals surface area contributed by atoms with Crippen molar-refractivity contribution in [3.8, 4) is 11.6 Å². The van der Waals surface area contributed by atoms with E-state index in [2.05, 4.69) is 15.1 Å². The largest absolute Gasteiger partial charge is 0.478 e. The van der Waals surface area contributed by atoms with Gasteiger partial charge in [-0.1, -0.05) is 12.1 Å². The van der Waals surface area contributed by atoms with Crippen LogP contribution < -0.4 is 5.73 Å². The third-order valence-electron chi connectivity index (χ3n) is 3.66. The minimum absolute atomic E-state index is 0.233. The summed E-state index contributed by atoms with van der Waals surface area (Å²) in [5.74, 6) is 0.914. The Labute approximate surface area is 151 Å². The van der Waals surface area contributed by atoms with E-state index in [1.54, 1.807) is 48.7 Å². The molecule has 0 aliphatic rings. The first-order valence-corrected chi connectivity index (χ1v) is 8.61. The van der Waals surface area contributed by atoms with Crippen LogP contribution in [0.4, 0.5) is 5.95 Å². The van der Waals surface area contributed by atoms with Crippen LogP contribution in [0.2, 0.25) is 0 Å². The number of benzene rings is 1. The van der Waals surface area contributed by atoms with Gasteiger partial charge >= 0.3 is 5.97 Å². The lowest BCUT2D eigenvalue weighted by Crippen LogP contribution is -2.02. The molecule has 4 rings (SSSR count). The number of anilines is 1. The van der Waals surface area contributed by atoms with Gasteiger partial charge in [0.05, 0.1) is 11.8 Å². The molecule has 26 heavy (non-hydrogen) atoms. The Morgan fingerprint density at radius 3 is 2.73 bits per heavy atom. The van der Waals surface area contributed by atoms with Gasteiger partial charge in [-0.05, 0) is 29.8 Å². The number of nitrogens with zero attached hydrogens (tertiary/aromatic N) is 4. The molecule has 1 aromatic carbocycles. The Morgan fingerprint density at radius 1 is 1.23 bits per heavy atom. The Bertz CT molecular complexity index is 1070. The summed E-state index contributed by atoms with van der Waals surface area (Å²) >= 11 is 1.48. The number of nitrogens with two attached hydrogens (primary N) is 1. The molecular weight excluding hydrogens is 354 g/mol. The Morgan fingerprint density at radius 2 is 2.04 bits per heavy atom. The van der Waals surface area contributed by atoms with Crippen LogP contribution in [0.5, 0.6) is 0 Å². The third kappa shape index (κ3) is 3.11. The summed E-state index contributed by atoms with van der Waals surface area (Å²) in [5.41, 5.74) is 7.81. The number of aromatic carboxylic acids is 1. The van der Waals surface area contributed by atoms with Crippen molar-refractivity contribution in [2.75, 3.05) is 5.73 Å². The highest BCUT2D eigenvalue weighted by Crippen LogP contribution is 2.25. The van der Waals surface area contributed by atoms with Crippen molar-refractivity contribution in [2.24, 2.45) is 0 Å². The topological polar surface area (TPSA) is 120 Å². The van der Waals surface area contributed by atoms with Crippen LogP contribution in [0.3, 0.4) is 0 Å². The van der Waals surface area contributed by atoms with Crippen LogP contribution >= 0.6 is 11.8 Å². The van der Waals surface area contributed by atoms with Crippen molar-refractivity contribution >= 4 is 29.3 Å². The molecule has 0 atom stereocenters. The second-order valence-electron chi connectivity index (χ2n) is 5.43. The van der Waals surface area contributed by atoms with Crippen LogP contribution in [0.25, 0.3) is 17.2 Å². The highest BCUT2D eigenvalue weighted by molar-refractivity contribution is 7.98. The molecule has 4 aromatic rings. The summed E-state index contributed by atoms with van der Waals surface area (Å²) in [6.07, 6.45) is 1.56. The summed E-state index contributed by atoms with van der Waals surface area (Å²) in [7, 11) is 0. The van der Waals surface area contributed by atoms with Crippen LogP contribution in [0.15, 0.2) is 58.2 Å². The minimum Gasteiger partial charge on any atom is -0.478 e. The van der Waals surface area contributed by atoms with Gasteiger partial charge in [-0.15, -0.1) is 16.9 Å². The van der Waals surface area contributed by atoms with E-state index in [1.807, 2.05) is 0 Å². The lowest BCUT2D eigenvalue weighted by molar-refractivity contribution is 0.0697. The van der Waals surface area contributed by atoms with Gasteiger partial charge in [-0.25, -0.2) is 14.8 Å². The highest BCUT2D eigenvalue weighted by atomic mass is 32.2. The first-order valence-electron chi connectivity index (χ1n) is 7.62. The van der Waals surface area contributed by atoms with Crippen molar-refractivity contribution in [1.82, 2.24) is 19.6 Å². The minimum atomic E-state index is -0.941.